The second-order valence-corrected chi connectivity index (χ2v) is 11.7. The van der Waals surface area contributed by atoms with Gasteiger partial charge >= 0.3 is 5.97 Å². The maximum absolute atomic E-state index is 12.9. The van der Waals surface area contributed by atoms with E-state index in [0.717, 1.165) is 47.8 Å². The molecule has 0 radical (unpaired) electrons. The van der Waals surface area contributed by atoms with Gasteiger partial charge in [-0.15, -0.1) is 0 Å². The Labute approximate surface area is 263 Å². The van der Waals surface area contributed by atoms with Crippen LogP contribution in [0, 0.1) is 12.8 Å². The van der Waals surface area contributed by atoms with Crippen molar-refractivity contribution in [1.29, 1.82) is 0 Å². The number of carboxylic acid groups (broad SMARTS) is 1. The third-order valence-corrected chi connectivity index (χ3v) is 8.59. The summed E-state index contributed by atoms with van der Waals surface area (Å²) < 4.78 is 11.7. The van der Waals surface area contributed by atoms with Crippen molar-refractivity contribution in [2.45, 2.75) is 57.5 Å². The van der Waals surface area contributed by atoms with E-state index in [2.05, 4.69) is 25.2 Å². The Morgan fingerprint density at radius 1 is 1.04 bits per heavy atom. The van der Waals surface area contributed by atoms with Crippen molar-refractivity contribution in [3.8, 4) is 17.2 Å². The quantitative estimate of drug-likeness (QED) is 0.187. The number of nitrogens with zero attached hydrogens (tertiary/aromatic N) is 3. The fourth-order valence-corrected chi connectivity index (χ4v) is 5.97. The SMILES string of the molecule is Cc1nc(-c2c(Cl)c3ccccc3n2-c2ccc(CNC(=O)C3(NC(=O)C4CCCC4)CC3)cc2)no1.O=C(O)c1ccco1. The lowest BCUT2D eigenvalue weighted by Gasteiger charge is -2.19. The van der Waals surface area contributed by atoms with Gasteiger partial charge in [0.15, 0.2) is 0 Å². The number of aryl methyl sites for hydroxylation is 1. The predicted octanol–water partition coefficient (Wildman–Crippen LogP) is 6.08. The topological polar surface area (TPSA) is 152 Å². The molecule has 3 heterocycles. The second-order valence-electron chi connectivity index (χ2n) is 11.3. The second kappa shape index (κ2) is 12.6. The average Bonchev–Trinajstić information content (AvgIpc) is 3.57. The lowest BCUT2D eigenvalue weighted by atomic mass is 10.1. The molecule has 0 aliphatic heterocycles. The van der Waals surface area contributed by atoms with Crippen LogP contribution >= 0.6 is 11.6 Å². The van der Waals surface area contributed by atoms with E-state index >= 15 is 0 Å². The number of carbonyl (C=O) groups is 3. The first-order valence-electron chi connectivity index (χ1n) is 14.8. The maximum atomic E-state index is 12.9. The maximum Gasteiger partial charge on any atom is 0.371 e. The molecule has 2 fully saturated rings. The standard InChI is InChI=1S/C28H28ClN5O3.C5H4O3/c1-17-31-25(33-37-17)24-23(29)21-8-4-5-9-22(21)34(24)20-12-10-18(11-13-20)16-30-27(36)28(14-15-28)32-26(35)19-6-2-3-7-19;6-5(7)4-2-1-3-8-4/h4-5,8-13,19H,2-3,6-7,14-16H2,1H3,(H,30,36)(H,32,35);1-3H,(H,6,7). The number of aromatic carboxylic acids is 1. The van der Waals surface area contributed by atoms with Crippen LogP contribution in [0.5, 0.6) is 0 Å². The minimum Gasteiger partial charge on any atom is -0.475 e. The summed E-state index contributed by atoms with van der Waals surface area (Å²) in [4.78, 5) is 39.9. The monoisotopic (exact) mass is 629 g/mol. The predicted molar refractivity (Wildman–Crippen MR) is 166 cm³/mol. The van der Waals surface area contributed by atoms with Gasteiger partial charge in [-0.2, -0.15) is 4.98 Å². The fourth-order valence-electron chi connectivity index (χ4n) is 5.64. The van der Waals surface area contributed by atoms with Gasteiger partial charge in [-0.05, 0) is 61.6 Å². The van der Waals surface area contributed by atoms with E-state index in [9.17, 15) is 14.4 Å². The van der Waals surface area contributed by atoms with Gasteiger partial charge in [0.25, 0.3) is 0 Å². The summed E-state index contributed by atoms with van der Waals surface area (Å²) >= 11 is 6.78. The normalized spacial score (nSPS) is 15.3. The molecule has 45 heavy (non-hydrogen) atoms. The van der Waals surface area contributed by atoms with Gasteiger partial charge in [0.2, 0.25) is 29.3 Å². The van der Waals surface area contributed by atoms with Gasteiger partial charge < -0.3 is 29.2 Å². The number of furan rings is 1. The zero-order valence-corrected chi connectivity index (χ0v) is 25.3. The summed E-state index contributed by atoms with van der Waals surface area (Å²) in [6, 6.07) is 18.7. The molecule has 2 aliphatic rings. The number of hydrogen-bond donors (Lipinski definition) is 3. The molecule has 3 N–H and O–H groups in total. The molecule has 0 unspecified atom stereocenters. The van der Waals surface area contributed by atoms with E-state index in [1.54, 1.807) is 6.92 Å². The van der Waals surface area contributed by atoms with Crippen molar-refractivity contribution in [3.63, 3.8) is 0 Å². The number of carboxylic acids is 1. The number of carbonyl (C=O) groups excluding carboxylic acids is 2. The Balaban J connectivity index is 0.000000390. The van der Waals surface area contributed by atoms with Crippen LogP contribution in [0.15, 0.2) is 75.9 Å². The lowest BCUT2D eigenvalue weighted by molar-refractivity contribution is -0.132. The van der Waals surface area contributed by atoms with E-state index < -0.39 is 11.5 Å². The number of nitrogens with one attached hydrogen (secondary N) is 2. The molecule has 2 aliphatic carbocycles. The molecule has 0 spiro atoms. The molecular weight excluding hydrogens is 598 g/mol. The number of para-hydroxylation sites is 1. The van der Waals surface area contributed by atoms with E-state index in [-0.39, 0.29) is 23.5 Å². The number of rotatable bonds is 8. The smallest absolute Gasteiger partial charge is 0.371 e. The number of hydrogen-bond acceptors (Lipinski definition) is 7. The van der Waals surface area contributed by atoms with Crippen LogP contribution in [0.25, 0.3) is 28.1 Å². The first kappa shape index (κ1) is 30.1. The van der Waals surface area contributed by atoms with Crippen LogP contribution in [-0.4, -0.2) is 43.1 Å². The lowest BCUT2D eigenvalue weighted by Crippen LogP contribution is -2.50. The highest BCUT2D eigenvalue weighted by atomic mass is 35.5. The molecule has 3 aromatic heterocycles. The molecule has 11 nitrogen and oxygen atoms in total. The first-order valence-corrected chi connectivity index (χ1v) is 15.2. The Hall–Kier alpha value is -4.90. The third-order valence-electron chi connectivity index (χ3n) is 8.20. The van der Waals surface area contributed by atoms with Crippen molar-refractivity contribution in [3.05, 3.63) is 89.2 Å². The molecule has 0 saturated heterocycles. The highest BCUT2D eigenvalue weighted by Crippen LogP contribution is 2.39. The molecule has 0 atom stereocenters. The molecule has 5 aromatic rings. The van der Waals surface area contributed by atoms with Crippen molar-refractivity contribution < 1.29 is 28.4 Å². The largest absolute Gasteiger partial charge is 0.475 e. The number of aromatic nitrogens is 3. The summed E-state index contributed by atoms with van der Waals surface area (Å²) in [7, 11) is 0. The summed E-state index contributed by atoms with van der Waals surface area (Å²) in [6.45, 7) is 2.12. The van der Waals surface area contributed by atoms with Crippen LogP contribution in [0.4, 0.5) is 0 Å². The fraction of sp³-hybridized carbons (Fsp3) is 0.303. The molecule has 2 amide bonds. The first-order chi connectivity index (χ1) is 21.8. The molecule has 2 saturated carbocycles. The molecule has 7 rings (SSSR count). The van der Waals surface area contributed by atoms with Crippen LogP contribution < -0.4 is 10.6 Å². The van der Waals surface area contributed by atoms with E-state index in [4.69, 9.17) is 21.2 Å². The Kier molecular flexibility index (Phi) is 8.44. The van der Waals surface area contributed by atoms with Gasteiger partial charge in [-0.1, -0.05) is 59.9 Å². The van der Waals surface area contributed by atoms with Crippen LogP contribution in [-0.2, 0) is 16.1 Å². The highest BCUT2D eigenvalue weighted by molar-refractivity contribution is 6.38. The zero-order valence-electron chi connectivity index (χ0n) is 24.6. The van der Waals surface area contributed by atoms with Crippen LogP contribution in [0.1, 0.15) is 60.5 Å². The Morgan fingerprint density at radius 3 is 2.38 bits per heavy atom. The van der Waals surface area contributed by atoms with Crippen LogP contribution in [0.3, 0.4) is 0 Å². The molecule has 0 bridgehead atoms. The summed E-state index contributed by atoms with van der Waals surface area (Å²) in [6.07, 6.45) is 6.73. The minimum atomic E-state index is -1.03. The Morgan fingerprint density at radius 2 is 1.78 bits per heavy atom. The molecule has 232 valence electrons. The van der Waals surface area contributed by atoms with Gasteiger partial charge in [-0.25, -0.2) is 4.79 Å². The van der Waals surface area contributed by atoms with Gasteiger partial charge in [0.1, 0.15) is 11.2 Å². The number of fused-ring (bicyclic) bond motifs is 1. The zero-order chi connectivity index (χ0) is 31.6. The molecule has 12 heteroatoms. The van der Waals surface area contributed by atoms with Crippen molar-refractivity contribution >= 4 is 40.3 Å². The van der Waals surface area contributed by atoms with Crippen LogP contribution in [0.2, 0.25) is 5.02 Å². The number of halogens is 1. The number of benzene rings is 2. The summed E-state index contributed by atoms with van der Waals surface area (Å²) in [5.74, 6) is -0.204. The molecular formula is C33H32ClN5O6. The average molecular weight is 630 g/mol. The van der Waals surface area contributed by atoms with E-state index in [1.165, 1.54) is 18.4 Å². The Bertz CT molecular complexity index is 1830. The van der Waals surface area contributed by atoms with Gasteiger partial charge in [-0.3, -0.25) is 9.59 Å². The highest BCUT2D eigenvalue weighted by Gasteiger charge is 2.51. The summed E-state index contributed by atoms with van der Waals surface area (Å²) in [5, 5.41) is 19.8. The number of amides is 2. The third kappa shape index (κ3) is 6.34. The van der Waals surface area contributed by atoms with Crippen molar-refractivity contribution in [2.24, 2.45) is 5.92 Å². The van der Waals surface area contributed by atoms with Gasteiger partial charge in [0.05, 0.1) is 16.8 Å². The molecule has 2 aromatic carbocycles. The van der Waals surface area contributed by atoms with E-state index in [1.807, 2.05) is 53.1 Å². The van der Waals surface area contributed by atoms with Crippen molar-refractivity contribution in [1.82, 2.24) is 25.3 Å². The van der Waals surface area contributed by atoms with E-state index in [0.29, 0.717) is 41.8 Å². The summed E-state index contributed by atoms with van der Waals surface area (Å²) in [5.41, 5.74) is 2.69. The van der Waals surface area contributed by atoms with Crippen molar-refractivity contribution in [2.75, 3.05) is 0 Å². The minimum absolute atomic E-state index is 0.0231. The van der Waals surface area contributed by atoms with Gasteiger partial charge in [0, 0.05) is 30.5 Å².